The average Bonchev–Trinajstić information content (AvgIpc) is 3.05. The fourth-order valence-electron chi connectivity index (χ4n) is 4.32. The van der Waals surface area contributed by atoms with E-state index >= 15 is 0 Å². The molecule has 0 bridgehead atoms. The number of aromatic nitrogens is 1. The topological polar surface area (TPSA) is 109 Å². The van der Waals surface area contributed by atoms with Crippen LogP contribution in [0.3, 0.4) is 0 Å². The van der Waals surface area contributed by atoms with Crippen LogP contribution in [0.15, 0.2) is 109 Å². The number of H-pyrrole nitrogens is 1. The van der Waals surface area contributed by atoms with Gasteiger partial charge in [-0.2, -0.15) is 0 Å². The van der Waals surface area contributed by atoms with Gasteiger partial charge in [0.1, 0.15) is 23.0 Å². The number of benzene rings is 4. The van der Waals surface area contributed by atoms with Crippen LogP contribution < -0.4 is 5.43 Å². The molecule has 0 unspecified atom stereocenters. The summed E-state index contributed by atoms with van der Waals surface area (Å²) in [5.74, 6) is -2.38. The van der Waals surface area contributed by atoms with E-state index < -0.39 is 23.4 Å². The molecule has 5 aromatic rings. The van der Waals surface area contributed by atoms with Gasteiger partial charge in [0.05, 0.1) is 29.3 Å². The lowest BCUT2D eigenvalue weighted by Crippen LogP contribution is -2.17. The minimum absolute atomic E-state index is 0.0420. The number of ketones is 1. The van der Waals surface area contributed by atoms with E-state index in [1.54, 1.807) is 0 Å². The zero-order chi connectivity index (χ0) is 33.5. The average molecular weight is 752 g/mol. The van der Waals surface area contributed by atoms with E-state index in [-0.39, 0.29) is 33.5 Å². The Bertz CT molecular complexity index is 2060. The van der Waals surface area contributed by atoms with E-state index in [9.17, 15) is 28.3 Å². The smallest absolute Gasteiger partial charge is 0.343 e. The molecule has 0 aliphatic carbocycles. The summed E-state index contributed by atoms with van der Waals surface area (Å²) < 4.78 is 32.1. The number of rotatable bonds is 6. The Hall–Kier alpha value is -4.74. The number of aliphatic hydroxyl groups excluding tert-OH is 1. The lowest BCUT2D eigenvalue weighted by atomic mass is 10.0. The van der Waals surface area contributed by atoms with Gasteiger partial charge < -0.3 is 14.8 Å². The first kappa shape index (κ1) is 34.1. The van der Waals surface area contributed by atoms with Gasteiger partial charge in [0.25, 0.3) is 0 Å². The van der Waals surface area contributed by atoms with E-state index in [1.165, 1.54) is 68.1 Å². The van der Waals surface area contributed by atoms with Gasteiger partial charge in [-0.15, -0.1) is 0 Å². The van der Waals surface area contributed by atoms with Crippen LogP contribution in [0.2, 0.25) is 0 Å². The van der Waals surface area contributed by atoms with Crippen LogP contribution in [0.5, 0.6) is 0 Å². The number of fused-ring (bicyclic) bond motifs is 1. The first-order valence-corrected chi connectivity index (χ1v) is 15.2. The SMILES string of the molecule is COC(=O)C(C=Nc1cc(C)ccc1Br)=C(O)c1ccc(F)cc1.Cc1ccc(Br)c2[nH]cc(C(=O)c3ccc(F)cc3)c(=O)c12. The van der Waals surface area contributed by atoms with Gasteiger partial charge in [-0.1, -0.05) is 12.1 Å². The molecule has 0 saturated heterocycles. The van der Waals surface area contributed by atoms with Crippen LogP contribution in [0.4, 0.5) is 14.5 Å². The number of halogens is 4. The van der Waals surface area contributed by atoms with Crippen molar-refractivity contribution < 1.29 is 28.2 Å². The van der Waals surface area contributed by atoms with Crippen molar-refractivity contribution in [2.24, 2.45) is 4.99 Å². The lowest BCUT2D eigenvalue weighted by Gasteiger charge is -2.07. The molecule has 4 aromatic carbocycles. The minimum Gasteiger partial charge on any atom is -0.506 e. The number of methoxy groups -OCH3 is 1. The summed E-state index contributed by atoms with van der Waals surface area (Å²) in [5, 5.41) is 10.8. The molecule has 0 radical (unpaired) electrons. The number of hydrogen-bond donors (Lipinski definition) is 2. The predicted molar refractivity (Wildman–Crippen MR) is 182 cm³/mol. The zero-order valence-corrected chi connectivity index (χ0v) is 27.9. The molecule has 0 saturated carbocycles. The van der Waals surface area contributed by atoms with Gasteiger partial charge in [-0.25, -0.2) is 13.6 Å². The second-order valence-corrected chi connectivity index (χ2v) is 11.7. The molecule has 1 heterocycles. The Labute approximate surface area is 279 Å². The fraction of sp³-hybridized carbons (Fsp3) is 0.0857. The number of aromatic amines is 1. The summed E-state index contributed by atoms with van der Waals surface area (Å²) in [6.07, 6.45) is 2.63. The summed E-state index contributed by atoms with van der Waals surface area (Å²) in [6, 6.07) is 19.5. The van der Waals surface area contributed by atoms with E-state index in [4.69, 9.17) is 0 Å². The first-order chi connectivity index (χ1) is 21.9. The summed E-state index contributed by atoms with van der Waals surface area (Å²) in [5.41, 5.74) is 3.18. The Morgan fingerprint density at radius 1 is 0.870 bits per heavy atom. The molecule has 5 rings (SSSR count). The number of aliphatic hydroxyl groups is 1. The summed E-state index contributed by atoms with van der Waals surface area (Å²) in [7, 11) is 1.21. The third-order valence-corrected chi connectivity index (χ3v) is 8.09. The molecule has 0 fully saturated rings. The second kappa shape index (κ2) is 15.0. The predicted octanol–water partition coefficient (Wildman–Crippen LogP) is 8.71. The minimum atomic E-state index is -0.746. The molecule has 2 N–H and O–H groups in total. The number of esters is 1. The molecule has 0 aliphatic rings. The largest absolute Gasteiger partial charge is 0.506 e. The standard InChI is InChI=1S/C18H15BrFNO3.C17H11BrFNO2/c1-11-3-8-15(19)16(9-11)21-10-14(18(23)24-2)17(22)12-4-6-13(20)7-5-12;1-9-2-7-13(18)15-14(9)17(22)12(8-20-15)16(21)10-3-5-11(19)6-4-10/h3-10,22H,1-2H3;2-8H,1H3,(H,20,22). The van der Waals surface area contributed by atoms with Crippen molar-refractivity contribution in [2.45, 2.75) is 13.8 Å². The monoisotopic (exact) mass is 750 g/mol. The lowest BCUT2D eigenvalue weighted by molar-refractivity contribution is -0.135. The molecular formula is C35H26Br2F2N2O5. The number of aliphatic imine (C=N–C) groups is 1. The highest BCUT2D eigenvalue weighted by molar-refractivity contribution is 9.11. The number of pyridine rings is 1. The van der Waals surface area contributed by atoms with Crippen LogP contribution in [-0.2, 0) is 9.53 Å². The Balaban J connectivity index is 0.000000209. The van der Waals surface area contributed by atoms with Crippen molar-refractivity contribution in [1.82, 2.24) is 4.98 Å². The van der Waals surface area contributed by atoms with Gasteiger partial charge in [-0.3, -0.25) is 14.6 Å². The molecule has 1 aromatic heterocycles. The zero-order valence-electron chi connectivity index (χ0n) is 24.7. The highest BCUT2D eigenvalue weighted by Crippen LogP contribution is 2.27. The third-order valence-electron chi connectivity index (χ3n) is 6.76. The fourth-order valence-corrected chi connectivity index (χ4v) is 5.12. The van der Waals surface area contributed by atoms with Gasteiger partial charge >= 0.3 is 5.97 Å². The van der Waals surface area contributed by atoms with Crippen molar-refractivity contribution >= 4 is 72.2 Å². The molecular weight excluding hydrogens is 726 g/mol. The summed E-state index contributed by atoms with van der Waals surface area (Å²) in [6.45, 7) is 3.73. The molecule has 46 heavy (non-hydrogen) atoms. The van der Waals surface area contributed by atoms with Crippen LogP contribution in [0.1, 0.15) is 32.6 Å². The summed E-state index contributed by atoms with van der Waals surface area (Å²) >= 11 is 6.76. The van der Waals surface area contributed by atoms with E-state index in [0.717, 1.165) is 20.1 Å². The third kappa shape index (κ3) is 7.91. The summed E-state index contributed by atoms with van der Waals surface area (Å²) in [4.78, 5) is 44.3. The highest BCUT2D eigenvalue weighted by Gasteiger charge is 2.18. The van der Waals surface area contributed by atoms with Crippen LogP contribution in [0.25, 0.3) is 16.7 Å². The Morgan fingerprint density at radius 3 is 2.07 bits per heavy atom. The Morgan fingerprint density at radius 2 is 1.46 bits per heavy atom. The number of hydrogen-bond acceptors (Lipinski definition) is 6. The number of carbonyl (C=O) groups excluding carboxylic acids is 2. The van der Waals surface area contributed by atoms with Crippen LogP contribution in [-0.4, -0.2) is 35.2 Å². The van der Waals surface area contributed by atoms with Crippen molar-refractivity contribution in [1.29, 1.82) is 0 Å². The maximum Gasteiger partial charge on any atom is 0.343 e. The van der Waals surface area contributed by atoms with Crippen LogP contribution >= 0.6 is 31.9 Å². The van der Waals surface area contributed by atoms with Gasteiger partial charge in [0, 0.05) is 32.5 Å². The Kier molecular flexibility index (Phi) is 11.2. The van der Waals surface area contributed by atoms with Gasteiger partial charge in [0.15, 0.2) is 5.78 Å². The quantitative estimate of drug-likeness (QED) is 0.0594. The number of ether oxygens (including phenoxy) is 1. The van der Waals surface area contributed by atoms with Crippen LogP contribution in [0, 0.1) is 25.5 Å². The van der Waals surface area contributed by atoms with E-state index in [1.807, 2.05) is 44.2 Å². The molecule has 11 heteroatoms. The van der Waals surface area contributed by atoms with Gasteiger partial charge in [0.2, 0.25) is 5.43 Å². The second-order valence-electron chi connectivity index (χ2n) is 9.96. The highest BCUT2D eigenvalue weighted by atomic mass is 79.9. The normalized spacial score (nSPS) is 11.5. The van der Waals surface area contributed by atoms with Crippen molar-refractivity contribution in [2.75, 3.05) is 7.11 Å². The maximum atomic E-state index is 13.0. The molecule has 0 atom stereocenters. The van der Waals surface area contributed by atoms with E-state index in [2.05, 4.69) is 46.6 Å². The maximum absolute atomic E-state index is 13.0. The van der Waals surface area contributed by atoms with Crippen molar-refractivity contribution in [3.05, 3.63) is 149 Å². The molecule has 0 amide bonds. The number of carbonyl (C=O) groups is 2. The first-order valence-electron chi connectivity index (χ1n) is 13.6. The molecule has 7 nitrogen and oxygen atoms in total. The number of nitrogens with zero attached hydrogens (tertiary/aromatic N) is 1. The van der Waals surface area contributed by atoms with Crippen molar-refractivity contribution in [3.63, 3.8) is 0 Å². The molecule has 234 valence electrons. The number of aryl methyl sites for hydroxylation is 2. The van der Waals surface area contributed by atoms with Crippen molar-refractivity contribution in [3.8, 4) is 0 Å². The van der Waals surface area contributed by atoms with E-state index in [0.29, 0.717) is 16.6 Å². The van der Waals surface area contributed by atoms with Gasteiger partial charge in [-0.05, 0) is 124 Å². The number of nitrogens with one attached hydrogen (secondary N) is 1. The molecule has 0 aliphatic heterocycles. The molecule has 0 spiro atoms.